The molecule has 1 fully saturated rings. The van der Waals surface area contributed by atoms with E-state index in [0.717, 1.165) is 30.3 Å². The van der Waals surface area contributed by atoms with E-state index in [4.69, 9.17) is 9.73 Å². The zero-order chi connectivity index (χ0) is 29.5. The average Bonchev–Trinajstić information content (AvgIpc) is 3.72. The van der Waals surface area contributed by atoms with Crippen molar-refractivity contribution >= 4 is 18.5 Å². The number of amides is 1. The molecule has 2 aromatic heterocycles. The van der Waals surface area contributed by atoms with Crippen LogP contribution in [0.15, 0.2) is 58.3 Å². The quantitative estimate of drug-likeness (QED) is 0.311. The average molecular weight is 567 g/mol. The minimum absolute atomic E-state index is 0.0606. The predicted molar refractivity (Wildman–Crippen MR) is 146 cm³/mol. The van der Waals surface area contributed by atoms with E-state index in [9.17, 15) is 18.0 Å². The highest BCUT2D eigenvalue weighted by Crippen LogP contribution is 2.42. The number of ether oxygens (including phenoxy) is 1. The van der Waals surface area contributed by atoms with Gasteiger partial charge in [-0.3, -0.25) is 4.79 Å². The first-order chi connectivity index (χ1) is 19.5. The van der Waals surface area contributed by atoms with Crippen molar-refractivity contribution in [1.82, 2.24) is 29.3 Å². The van der Waals surface area contributed by atoms with Crippen molar-refractivity contribution in [3.63, 3.8) is 0 Å². The summed E-state index contributed by atoms with van der Waals surface area (Å²) in [4.78, 5) is 37.7. The van der Waals surface area contributed by atoms with Gasteiger partial charge in [-0.2, -0.15) is 13.2 Å². The molecular weight excluding hydrogens is 537 g/mol. The van der Waals surface area contributed by atoms with E-state index in [1.807, 2.05) is 4.90 Å². The van der Waals surface area contributed by atoms with Crippen LogP contribution in [-0.4, -0.2) is 68.5 Å². The Kier molecular flexibility index (Phi) is 7.37. The molecule has 1 amide bonds. The highest BCUT2D eigenvalue weighted by Gasteiger charge is 2.35. The fraction of sp³-hybridized carbons (Fsp3) is 0.357. The summed E-state index contributed by atoms with van der Waals surface area (Å²) in [6.45, 7) is 5.91. The van der Waals surface area contributed by atoms with Crippen LogP contribution in [0, 0.1) is 0 Å². The molecule has 0 unspecified atom stereocenters. The Morgan fingerprint density at radius 2 is 1.88 bits per heavy atom. The summed E-state index contributed by atoms with van der Waals surface area (Å²) >= 11 is 0. The number of carbonyl (C=O) groups excluding carboxylic acids is 1. The van der Waals surface area contributed by atoms with Gasteiger partial charge in [0.2, 0.25) is 11.8 Å². The largest absolute Gasteiger partial charge is 0.480 e. The monoisotopic (exact) mass is 566 g/mol. The lowest BCUT2D eigenvalue weighted by Crippen LogP contribution is -2.43. The first-order valence-corrected chi connectivity index (χ1v) is 12.9. The van der Waals surface area contributed by atoms with Gasteiger partial charge in [0.05, 0.1) is 25.0 Å². The molecule has 1 saturated carbocycles. The number of allylic oxidation sites excluding steroid dienone is 1. The maximum Gasteiger partial charge on any atom is 0.434 e. The Balaban J connectivity index is 1.48. The zero-order valence-corrected chi connectivity index (χ0v) is 23.1. The van der Waals surface area contributed by atoms with Gasteiger partial charge in [-0.1, -0.05) is 24.3 Å². The highest BCUT2D eigenvalue weighted by molar-refractivity contribution is 6.05. The highest BCUT2D eigenvalue weighted by atomic mass is 19.4. The summed E-state index contributed by atoms with van der Waals surface area (Å²) in [6.07, 6.45) is -0.120. The molecule has 1 aliphatic heterocycles. The number of methoxy groups -OCH3 is 1. The van der Waals surface area contributed by atoms with Crippen molar-refractivity contribution in [3.05, 3.63) is 70.8 Å². The Bertz CT molecular complexity index is 1560. The molecule has 3 heterocycles. The fourth-order valence-electron chi connectivity index (χ4n) is 4.73. The minimum atomic E-state index is -4.53. The second-order valence-electron chi connectivity index (χ2n) is 9.98. The van der Waals surface area contributed by atoms with Gasteiger partial charge in [0.25, 0.3) is 0 Å². The number of rotatable bonds is 7. The van der Waals surface area contributed by atoms with E-state index in [0.29, 0.717) is 35.1 Å². The van der Waals surface area contributed by atoms with Gasteiger partial charge in [-0.15, -0.1) is 0 Å². The third kappa shape index (κ3) is 5.56. The minimum Gasteiger partial charge on any atom is -0.480 e. The number of aliphatic imine (C=N–C) groups is 2. The number of imidazole rings is 1. The second kappa shape index (κ2) is 10.8. The number of alkyl halides is 3. The number of aromatic nitrogens is 4. The van der Waals surface area contributed by atoms with E-state index in [1.54, 1.807) is 43.1 Å². The van der Waals surface area contributed by atoms with Crippen LogP contribution >= 0.6 is 0 Å². The molecule has 0 bridgehead atoms. The van der Waals surface area contributed by atoms with Gasteiger partial charge in [0.1, 0.15) is 17.7 Å². The maximum atomic E-state index is 13.1. The molecule has 0 radical (unpaired) electrons. The van der Waals surface area contributed by atoms with Crippen molar-refractivity contribution in [3.8, 4) is 17.3 Å². The Hall–Kier alpha value is -4.55. The first-order valence-electron chi connectivity index (χ1n) is 12.9. The van der Waals surface area contributed by atoms with Crippen molar-refractivity contribution in [2.45, 2.75) is 38.4 Å². The van der Waals surface area contributed by atoms with Crippen molar-refractivity contribution < 1.29 is 22.7 Å². The molecule has 41 heavy (non-hydrogen) atoms. The third-order valence-electron chi connectivity index (χ3n) is 7.16. The second-order valence-corrected chi connectivity index (χ2v) is 9.98. The summed E-state index contributed by atoms with van der Waals surface area (Å²) in [7, 11) is 4.72. The molecule has 0 N–H and O–H groups in total. The van der Waals surface area contributed by atoms with Gasteiger partial charge in [0, 0.05) is 38.3 Å². The molecular formula is C28H29F3N8O2. The van der Waals surface area contributed by atoms with Gasteiger partial charge >= 0.3 is 6.18 Å². The predicted octanol–water partition coefficient (Wildman–Crippen LogP) is 4.39. The van der Waals surface area contributed by atoms with Gasteiger partial charge < -0.3 is 19.1 Å². The van der Waals surface area contributed by atoms with Crippen molar-refractivity contribution in [2.75, 3.05) is 20.7 Å². The van der Waals surface area contributed by atoms with Crippen LogP contribution in [0.3, 0.4) is 0 Å². The van der Waals surface area contributed by atoms with Crippen molar-refractivity contribution in [1.29, 1.82) is 0 Å². The van der Waals surface area contributed by atoms with Crippen LogP contribution in [-0.2, 0) is 24.6 Å². The Labute approximate surface area is 234 Å². The number of hydrogen-bond acceptors (Lipinski definition) is 7. The lowest BCUT2D eigenvalue weighted by Gasteiger charge is -2.35. The standard InChI is InChI=1S/C28H29F3N8O2/c1-16-25(36-24(32-2)22-23(18-10-11-18)33-15-34-27(22)41-5)39(14-21(40)38(16)4)12-17-6-8-19(9-7-17)26-35-20(13-37(26)3)28(29,30)31/h6-9,13,15,18H,2,10-12,14H2,1,3-5H3. The van der Waals surface area contributed by atoms with Crippen LogP contribution < -0.4 is 4.74 Å². The summed E-state index contributed by atoms with van der Waals surface area (Å²) in [6, 6.07) is 7.01. The number of likely N-dealkylation sites (N-methyl/N-ethyl adjacent to an activating group) is 1. The lowest BCUT2D eigenvalue weighted by atomic mass is 10.1. The SMILES string of the molecule is C=NC(=NC1=C(C)N(C)C(=O)CN1Cc1ccc(-c2nc(C(F)(F)F)cn2C)cc1)c1c(OC)ncnc1C1CC1. The number of amidine groups is 1. The maximum absolute atomic E-state index is 13.1. The Morgan fingerprint density at radius 3 is 2.46 bits per heavy atom. The molecule has 10 nitrogen and oxygen atoms in total. The molecule has 0 spiro atoms. The number of halogens is 3. The van der Waals surface area contributed by atoms with Crippen LogP contribution in [0.25, 0.3) is 11.4 Å². The first kappa shape index (κ1) is 28.0. The lowest BCUT2D eigenvalue weighted by molar-refractivity contribution is -0.141. The molecule has 5 rings (SSSR count). The molecule has 0 atom stereocenters. The van der Waals surface area contributed by atoms with Crippen LogP contribution in [0.4, 0.5) is 13.2 Å². The van der Waals surface area contributed by atoms with E-state index < -0.39 is 11.9 Å². The van der Waals surface area contributed by atoms with E-state index in [-0.39, 0.29) is 30.0 Å². The molecule has 0 saturated heterocycles. The number of carbonyl (C=O) groups is 1. The normalized spacial score (nSPS) is 16.5. The van der Waals surface area contributed by atoms with Crippen LogP contribution in [0.1, 0.15) is 48.2 Å². The topological polar surface area (TPSA) is 101 Å². The van der Waals surface area contributed by atoms with E-state index in [1.165, 1.54) is 25.1 Å². The van der Waals surface area contributed by atoms with Gasteiger partial charge in [-0.05, 0) is 32.0 Å². The van der Waals surface area contributed by atoms with Crippen LogP contribution in [0.5, 0.6) is 5.88 Å². The van der Waals surface area contributed by atoms with Crippen molar-refractivity contribution in [2.24, 2.45) is 17.0 Å². The molecule has 1 aromatic carbocycles. The fourth-order valence-corrected chi connectivity index (χ4v) is 4.73. The number of benzene rings is 1. The summed E-state index contributed by atoms with van der Waals surface area (Å²) < 4.78 is 46.2. The summed E-state index contributed by atoms with van der Waals surface area (Å²) in [5.74, 6) is 1.50. The number of hydrogen-bond donors (Lipinski definition) is 0. The van der Waals surface area contributed by atoms with Gasteiger partial charge in [-0.25, -0.2) is 24.9 Å². The molecule has 2 aliphatic rings. The number of nitrogens with zero attached hydrogens (tertiary/aromatic N) is 8. The van der Waals surface area contributed by atoms with Crippen LogP contribution in [0.2, 0.25) is 0 Å². The summed E-state index contributed by atoms with van der Waals surface area (Å²) in [5.41, 5.74) is 2.40. The molecule has 1 aliphatic carbocycles. The molecule has 214 valence electrons. The van der Waals surface area contributed by atoms with Gasteiger partial charge in [0.15, 0.2) is 17.4 Å². The molecule has 3 aromatic rings. The smallest absolute Gasteiger partial charge is 0.434 e. The Morgan fingerprint density at radius 1 is 1.17 bits per heavy atom. The third-order valence-corrected chi connectivity index (χ3v) is 7.16. The van der Waals surface area contributed by atoms with E-state index >= 15 is 0 Å². The summed E-state index contributed by atoms with van der Waals surface area (Å²) in [5, 5.41) is 0. The number of aryl methyl sites for hydroxylation is 1. The zero-order valence-electron chi connectivity index (χ0n) is 23.1. The molecule has 13 heteroatoms. The van der Waals surface area contributed by atoms with E-state index in [2.05, 4.69) is 26.7 Å².